The zero-order chi connectivity index (χ0) is 18.7. The minimum Gasteiger partial charge on any atom is -0.497 e. The number of anilines is 1. The van der Waals surface area contributed by atoms with Crippen molar-refractivity contribution in [2.24, 2.45) is 0 Å². The van der Waals surface area contributed by atoms with E-state index >= 15 is 0 Å². The molecule has 2 aromatic carbocycles. The highest BCUT2D eigenvalue weighted by Crippen LogP contribution is 2.30. The molecule has 1 aliphatic heterocycles. The number of hydrogen-bond donors (Lipinski definition) is 1. The Balaban J connectivity index is 1.82. The van der Waals surface area contributed by atoms with Gasteiger partial charge in [-0.3, -0.25) is 0 Å². The third-order valence-electron chi connectivity index (χ3n) is 3.52. The van der Waals surface area contributed by atoms with E-state index in [1.54, 1.807) is 48.5 Å². The molecule has 0 unspecified atom stereocenters. The summed E-state index contributed by atoms with van der Waals surface area (Å²) in [7, 11) is 1.54. The van der Waals surface area contributed by atoms with Crippen molar-refractivity contribution in [3.05, 3.63) is 69.3 Å². The fourth-order valence-corrected chi connectivity index (χ4v) is 2.89. The number of nitrogens with one attached hydrogen (secondary N) is 1. The maximum Gasteiger partial charge on any atom is 0.355 e. The first-order valence-electron chi connectivity index (χ1n) is 7.47. The van der Waals surface area contributed by atoms with Crippen LogP contribution in [0.25, 0.3) is 0 Å². The highest BCUT2D eigenvalue weighted by atomic mass is 79.9. The van der Waals surface area contributed by atoms with Crippen LogP contribution in [0, 0.1) is 0 Å². The Kier molecular flexibility index (Phi) is 5.49. The molecule has 26 heavy (non-hydrogen) atoms. The van der Waals surface area contributed by atoms with Crippen LogP contribution >= 0.6 is 27.5 Å². The van der Waals surface area contributed by atoms with Crippen molar-refractivity contribution in [2.45, 2.75) is 6.29 Å². The number of cyclic esters (lactones) is 1. The van der Waals surface area contributed by atoms with E-state index in [1.165, 1.54) is 7.11 Å². The molecule has 1 N–H and O–H groups in total. The molecule has 0 aromatic heterocycles. The molecule has 0 saturated heterocycles. The van der Waals surface area contributed by atoms with Crippen molar-refractivity contribution in [2.75, 3.05) is 12.4 Å². The lowest BCUT2D eigenvalue weighted by Crippen LogP contribution is -2.24. The van der Waals surface area contributed by atoms with Gasteiger partial charge in [0.1, 0.15) is 11.4 Å². The molecule has 0 aliphatic carbocycles. The topological polar surface area (TPSA) is 73.9 Å². The van der Waals surface area contributed by atoms with Gasteiger partial charge >= 0.3 is 11.9 Å². The predicted octanol–water partition coefficient (Wildman–Crippen LogP) is 4.06. The number of ether oxygens (including phenoxy) is 3. The van der Waals surface area contributed by atoms with Crippen LogP contribution in [-0.2, 0) is 14.3 Å². The Hall–Kier alpha value is -2.51. The molecule has 134 valence electrons. The van der Waals surface area contributed by atoms with Crippen LogP contribution in [0.4, 0.5) is 5.69 Å². The molecule has 0 fully saturated rings. The normalized spacial score (nSPS) is 16.3. The Morgan fingerprint density at radius 3 is 2.73 bits per heavy atom. The Morgan fingerprint density at radius 2 is 2.00 bits per heavy atom. The second-order valence-corrected chi connectivity index (χ2v) is 6.44. The number of carbonyl (C=O) groups excluding carboxylic acids is 2. The van der Waals surface area contributed by atoms with Crippen LogP contribution < -0.4 is 10.1 Å². The molecule has 1 aliphatic rings. The minimum absolute atomic E-state index is 0.144. The summed E-state index contributed by atoms with van der Waals surface area (Å²) < 4.78 is 16.1. The number of halogens is 2. The van der Waals surface area contributed by atoms with E-state index in [-0.39, 0.29) is 10.7 Å². The van der Waals surface area contributed by atoms with Crippen LogP contribution in [0.3, 0.4) is 0 Å². The predicted molar refractivity (Wildman–Crippen MR) is 98.9 cm³/mol. The molecule has 3 rings (SSSR count). The van der Waals surface area contributed by atoms with Gasteiger partial charge in [0, 0.05) is 16.2 Å². The van der Waals surface area contributed by atoms with Gasteiger partial charge in [0.05, 0.1) is 12.7 Å². The lowest BCUT2D eigenvalue weighted by Gasteiger charge is -2.17. The van der Waals surface area contributed by atoms with E-state index in [1.807, 2.05) is 0 Å². The third kappa shape index (κ3) is 3.84. The van der Waals surface area contributed by atoms with E-state index in [0.29, 0.717) is 21.5 Å². The average Bonchev–Trinajstić information content (AvgIpc) is 2.89. The van der Waals surface area contributed by atoms with Crippen LogP contribution in [0.2, 0.25) is 0 Å². The molecule has 1 heterocycles. The van der Waals surface area contributed by atoms with Crippen molar-refractivity contribution >= 4 is 45.2 Å². The van der Waals surface area contributed by atoms with Gasteiger partial charge in [-0.15, -0.1) is 0 Å². The monoisotopic (exact) mass is 437 g/mol. The lowest BCUT2D eigenvalue weighted by atomic mass is 10.2. The Bertz CT molecular complexity index is 899. The lowest BCUT2D eigenvalue weighted by molar-refractivity contribution is -0.152. The zero-order valence-corrected chi connectivity index (χ0v) is 15.8. The summed E-state index contributed by atoms with van der Waals surface area (Å²) in [5.74, 6) is -0.827. The van der Waals surface area contributed by atoms with Gasteiger partial charge < -0.3 is 19.5 Å². The van der Waals surface area contributed by atoms with E-state index in [9.17, 15) is 9.59 Å². The van der Waals surface area contributed by atoms with Gasteiger partial charge in [-0.25, -0.2) is 9.59 Å². The standard InChI is InChI=1S/C18H13BrClNO5/c1-24-11-6-4-5-10(9-11)21-15-14(20)17(23)26-18(15)25-16(22)12-7-2-3-8-13(12)19/h2-9,18,21H,1H3/t18-/m0/s1. The average molecular weight is 439 g/mol. The number of methoxy groups -OCH3 is 1. The molecule has 6 nitrogen and oxygen atoms in total. The first kappa shape index (κ1) is 18.3. The minimum atomic E-state index is -1.28. The first-order chi connectivity index (χ1) is 12.5. The van der Waals surface area contributed by atoms with E-state index < -0.39 is 18.2 Å². The van der Waals surface area contributed by atoms with Crippen molar-refractivity contribution in [3.8, 4) is 5.75 Å². The first-order valence-corrected chi connectivity index (χ1v) is 8.64. The SMILES string of the molecule is COc1cccc(NC2=C(Cl)C(=O)O[C@@H]2OC(=O)c2ccccc2Br)c1. The van der Waals surface area contributed by atoms with Crippen LogP contribution in [0.5, 0.6) is 5.75 Å². The largest absolute Gasteiger partial charge is 0.497 e. The molecular formula is C18H13BrClNO5. The van der Waals surface area contributed by atoms with E-state index in [0.717, 1.165) is 0 Å². The van der Waals surface area contributed by atoms with Crippen LogP contribution in [-0.4, -0.2) is 25.3 Å². The molecule has 0 spiro atoms. The molecular weight excluding hydrogens is 426 g/mol. The van der Waals surface area contributed by atoms with Crippen LogP contribution in [0.15, 0.2) is 63.7 Å². The number of hydrogen-bond acceptors (Lipinski definition) is 6. The summed E-state index contributed by atoms with van der Waals surface area (Å²) in [6, 6.07) is 13.7. The quantitative estimate of drug-likeness (QED) is 0.710. The fraction of sp³-hybridized carbons (Fsp3) is 0.111. The van der Waals surface area contributed by atoms with Gasteiger partial charge in [0.2, 0.25) is 0 Å². The number of carbonyl (C=O) groups is 2. The van der Waals surface area contributed by atoms with Gasteiger partial charge in [-0.2, -0.15) is 0 Å². The summed E-state index contributed by atoms with van der Waals surface area (Å²) in [5, 5.41) is 2.77. The smallest absolute Gasteiger partial charge is 0.355 e. The third-order valence-corrected chi connectivity index (χ3v) is 4.57. The highest BCUT2D eigenvalue weighted by molar-refractivity contribution is 9.10. The van der Waals surface area contributed by atoms with Gasteiger partial charge in [0.25, 0.3) is 6.29 Å². The van der Waals surface area contributed by atoms with Crippen molar-refractivity contribution in [1.82, 2.24) is 0 Å². The molecule has 0 bridgehead atoms. The second-order valence-electron chi connectivity index (χ2n) is 5.21. The molecule has 8 heteroatoms. The van der Waals surface area contributed by atoms with E-state index in [4.69, 9.17) is 25.8 Å². The van der Waals surface area contributed by atoms with E-state index in [2.05, 4.69) is 21.2 Å². The summed E-state index contributed by atoms with van der Waals surface area (Å²) in [5.41, 5.74) is 1.04. The molecule has 1 atom stereocenters. The van der Waals surface area contributed by atoms with Gasteiger partial charge in [-0.05, 0) is 40.2 Å². The summed E-state index contributed by atoms with van der Waals surface area (Å²) in [4.78, 5) is 24.2. The van der Waals surface area contributed by atoms with Gasteiger partial charge in [0.15, 0.2) is 5.03 Å². The van der Waals surface area contributed by atoms with Crippen molar-refractivity contribution in [1.29, 1.82) is 0 Å². The van der Waals surface area contributed by atoms with Crippen molar-refractivity contribution < 1.29 is 23.8 Å². The Labute approximate surface area is 162 Å². The zero-order valence-electron chi connectivity index (χ0n) is 13.5. The maximum absolute atomic E-state index is 12.4. The van der Waals surface area contributed by atoms with Gasteiger partial charge in [-0.1, -0.05) is 29.8 Å². The highest BCUT2D eigenvalue weighted by Gasteiger charge is 2.37. The molecule has 2 aromatic rings. The summed E-state index contributed by atoms with van der Waals surface area (Å²) >= 11 is 9.30. The molecule has 0 saturated carbocycles. The Morgan fingerprint density at radius 1 is 1.23 bits per heavy atom. The van der Waals surface area contributed by atoms with Crippen LogP contribution in [0.1, 0.15) is 10.4 Å². The fourth-order valence-electron chi connectivity index (χ4n) is 2.26. The number of esters is 2. The molecule has 0 radical (unpaired) electrons. The second kappa shape index (κ2) is 7.80. The maximum atomic E-state index is 12.4. The summed E-state index contributed by atoms with van der Waals surface area (Å²) in [6.45, 7) is 0. The summed E-state index contributed by atoms with van der Waals surface area (Å²) in [6.07, 6.45) is -1.28. The number of benzene rings is 2. The molecule has 0 amide bonds. The van der Waals surface area contributed by atoms with Crippen molar-refractivity contribution in [3.63, 3.8) is 0 Å². The number of rotatable bonds is 5.